The van der Waals surface area contributed by atoms with Gasteiger partial charge in [-0.05, 0) is 24.3 Å². The second-order valence-electron chi connectivity index (χ2n) is 6.85. The zero-order valence-electron chi connectivity index (χ0n) is 17.3. The summed E-state index contributed by atoms with van der Waals surface area (Å²) in [5.74, 6) is 0.636. The van der Waals surface area contributed by atoms with Crippen molar-refractivity contribution in [1.82, 2.24) is 9.21 Å². The molecule has 0 atom stereocenters. The molecular formula is C21H26N2O6S. The van der Waals surface area contributed by atoms with E-state index in [0.717, 1.165) is 5.56 Å². The van der Waals surface area contributed by atoms with Crippen LogP contribution in [-0.2, 0) is 21.3 Å². The van der Waals surface area contributed by atoms with Crippen molar-refractivity contribution in [3.63, 3.8) is 0 Å². The Morgan fingerprint density at radius 2 is 1.73 bits per heavy atom. The molecule has 0 N–H and O–H groups in total. The number of benzene rings is 2. The third-order valence-electron chi connectivity index (χ3n) is 4.96. The van der Waals surface area contributed by atoms with Crippen molar-refractivity contribution in [2.75, 3.05) is 47.6 Å². The van der Waals surface area contributed by atoms with Gasteiger partial charge in [-0.3, -0.25) is 4.79 Å². The molecular weight excluding hydrogens is 408 g/mol. The number of ether oxygens (including phenoxy) is 3. The van der Waals surface area contributed by atoms with Gasteiger partial charge in [-0.15, -0.1) is 0 Å². The largest absolute Gasteiger partial charge is 0.496 e. The summed E-state index contributed by atoms with van der Waals surface area (Å²) in [6.45, 7) is 1.56. The van der Waals surface area contributed by atoms with Gasteiger partial charge in [0.1, 0.15) is 11.5 Å². The minimum absolute atomic E-state index is 0.0549. The summed E-state index contributed by atoms with van der Waals surface area (Å²) in [7, 11) is 0.939. The molecule has 2 aromatic rings. The highest BCUT2D eigenvalue weighted by Crippen LogP contribution is 2.27. The first-order valence-corrected chi connectivity index (χ1v) is 11.0. The van der Waals surface area contributed by atoms with Gasteiger partial charge in [0, 0.05) is 32.2 Å². The number of rotatable bonds is 7. The summed E-state index contributed by atoms with van der Waals surface area (Å²) in [4.78, 5) is 14.7. The fraction of sp³-hybridized carbons (Fsp3) is 0.381. The molecule has 162 valence electrons. The highest BCUT2D eigenvalue weighted by molar-refractivity contribution is 7.89. The average molecular weight is 435 g/mol. The van der Waals surface area contributed by atoms with Crippen LogP contribution in [0, 0.1) is 0 Å². The fourth-order valence-corrected chi connectivity index (χ4v) is 4.75. The molecule has 0 aromatic heterocycles. The lowest BCUT2D eigenvalue weighted by Gasteiger charge is -2.26. The summed E-state index contributed by atoms with van der Waals surface area (Å²) in [5.41, 5.74) is 1.02. The molecule has 1 heterocycles. The molecule has 8 nitrogen and oxygen atoms in total. The molecule has 0 spiro atoms. The van der Waals surface area contributed by atoms with Crippen molar-refractivity contribution in [3.05, 3.63) is 53.6 Å². The zero-order chi connectivity index (χ0) is 21.7. The van der Waals surface area contributed by atoms with E-state index in [1.165, 1.54) is 34.5 Å². The molecule has 3 rings (SSSR count). The van der Waals surface area contributed by atoms with Crippen LogP contribution in [0.15, 0.2) is 47.4 Å². The smallest absolute Gasteiger partial charge is 0.257 e. The van der Waals surface area contributed by atoms with Crippen LogP contribution in [0.1, 0.15) is 15.9 Å². The minimum atomic E-state index is -3.73. The Morgan fingerprint density at radius 3 is 2.40 bits per heavy atom. The van der Waals surface area contributed by atoms with E-state index in [-0.39, 0.29) is 29.5 Å². The van der Waals surface area contributed by atoms with Crippen molar-refractivity contribution in [2.45, 2.75) is 11.4 Å². The number of carbonyl (C=O) groups excluding carboxylic acids is 1. The molecule has 2 aromatic carbocycles. The monoisotopic (exact) mass is 434 g/mol. The van der Waals surface area contributed by atoms with Crippen molar-refractivity contribution >= 4 is 15.9 Å². The Labute approximate surface area is 177 Å². The summed E-state index contributed by atoms with van der Waals surface area (Å²) < 4.78 is 43.3. The molecule has 1 saturated heterocycles. The Hall–Kier alpha value is -2.62. The molecule has 1 aliphatic rings. The molecule has 1 amide bonds. The van der Waals surface area contributed by atoms with Crippen molar-refractivity contribution in [2.24, 2.45) is 0 Å². The molecule has 0 bridgehead atoms. The van der Waals surface area contributed by atoms with Crippen LogP contribution in [0.5, 0.6) is 11.5 Å². The van der Waals surface area contributed by atoms with Crippen LogP contribution >= 0.6 is 0 Å². The van der Waals surface area contributed by atoms with Crippen LogP contribution in [0.3, 0.4) is 0 Å². The molecule has 0 aliphatic carbocycles. The SMILES string of the molecule is COc1ccccc1CN(C)C(=O)c1cc(S(=O)(=O)N2CCOCC2)ccc1OC. The Kier molecular flexibility index (Phi) is 6.96. The number of hydrogen-bond acceptors (Lipinski definition) is 6. The van der Waals surface area contributed by atoms with Gasteiger partial charge in [0.15, 0.2) is 0 Å². The lowest BCUT2D eigenvalue weighted by molar-refractivity contribution is 0.0730. The number of amides is 1. The molecule has 30 heavy (non-hydrogen) atoms. The van der Waals surface area contributed by atoms with Crippen LogP contribution in [0.4, 0.5) is 0 Å². The van der Waals surface area contributed by atoms with Gasteiger partial charge in [-0.1, -0.05) is 18.2 Å². The maximum absolute atomic E-state index is 13.2. The van der Waals surface area contributed by atoms with Crippen LogP contribution in [0.2, 0.25) is 0 Å². The standard InChI is InChI=1S/C21H26N2O6S/c1-22(15-16-6-4-5-7-19(16)27-2)21(24)18-14-17(8-9-20(18)28-3)30(25,26)23-10-12-29-13-11-23/h4-9,14H,10-13,15H2,1-3H3. The van der Waals surface area contributed by atoms with Crippen molar-refractivity contribution < 1.29 is 27.4 Å². The molecule has 9 heteroatoms. The van der Waals surface area contributed by atoms with E-state index in [1.54, 1.807) is 14.2 Å². The topological polar surface area (TPSA) is 85.4 Å². The van der Waals surface area contributed by atoms with Crippen LogP contribution in [0.25, 0.3) is 0 Å². The Bertz CT molecular complexity index is 1000. The number of para-hydroxylation sites is 1. The van der Waals surface area contributed by atoms with Gasteiger partial charge in [-0.25, -0.2) is 8.42 Å². The highest BCUT2D eigenvalue weighted by atomic mass is 32.2. The van der Waals surface area contributed by atoms with Crippen molar-refractivity contribution in [1.29, 1.82) is 0 Å². The molecule has 1 aliphatic heterocycles. The summed E-state index contributed by atoms with van der Waals surface area (Å²) in [5, 5.41) is 0. The van der Waals surface area contributed by atoms with Crippen LogP contribution in [-0.4, -0.2) is 71.1 Å². The second kappa shape index (κ2) is 9.46. The van der Waals surface area contributed by atoms with Gasteiger partial charge in [-0.2, -0.15) is 4.31 Å². The number of morpholine rings is 1. The van der Waals surface area contributed by atoms with E-state index < -0.39 is 10.0 Å². The number of sulfonamides is 1. The summed E-state index contributed by atoms with van der Waals surface area (Å²) >= 11 is 0. The van der Waals surface area contributed by atoms with Gasteiger partial charge in [0.05, 0.1) is 37.9 Å². The maximum Gasteiger partial charge on any atom is 0.257 e. The molecule has 0 saturated carbocycles. The fourth-order valence-electron chi connectivity index (χ4n) is 3.32. The molecule has 0 unspecified atom stereocenters. The Morgan fingerprint density at radius 1 is 1.07 bits per heavy atom. The predicted molar refractivity (Wildman–Crippen MR) is 111 cm³/mol. The number of methoxy groups -OCH3 is 2. The zero-order valence-corrected chi connectivity index (χ0v) is 18.1. The van der Waals surface area contributed by atoms with E-state index in [2.05, 4.69) is 0 Å². The van der Waals surface area contributed by atoms with E-state index in [4.69, 9.17) is 14.2 Å². The van der Waals surface area contributed by atoms with E-state index in [9.17, 15) is 13.2 Å². The lowest BCUT2D eigenvalue weighted by Crippen LogP contribution is -2.40. The molecule has 1 fully saturated rings. The average Bonchev–Trinajstić information content (AvgIpc) is 2.79. The first-order chi connectivity index (χ1) is 14.4. The number of carbonyl (C=O) groups is 1. The van der Waals surface area contributed by atoms with Crippen LogP contribution < -0.4 is 9.47 Å². The third-order valence-corrected chi connectivity index (χ3v) is 6.85. The van der Waals surface area contributed by atoms with Gasteiger partial charge in [0.25, 0.3) is 5.91 Å². The Balaban J connectivity index is 1.90. The first kappa shape index (κ1) is 22.1. The van der Waals surface area contributed by atoms with Gasteiger partial charge >= 0.3 is 0 Å². The van der Waals surface area contributed by atoms with Crippen molar-refractivity contribution in [3.8, 4) is 11.5 Å². The summed E-state index contributed by atoms with van der Waals surface area (Å²) in [6.07, 6.45) is 0. The number of hydrogen-bond donors (Lipinski definition) is 0. The summed E-state index contributed by atoms with van der Waals surface area (Å²) in [6, 6.07) is 11.8. The maximum atomic E-state index is 13.2. The third kappa shape index (κ3) is 4.58. The van der Waals surface area contributed by atoms with E-state index in [0.29, 0.717) is 31.3 Å². The quantitative estimate of drug-likeness (QED) is 0.663. The van der Waals surface area contributed by atoms with E-state index >= 15 is 0 Å². The predicted octanol–water partition coefficient (Wildman–Crippen LogP) is 2.00. The lowest BCUT2D eigenvalue weighted by atomic mass is 10.1. The van der Waals surface area contributed by atoms with Gasteiger partial charge < -0.3 is 19.1 Å². The normalized spacial score (nSPS) is 14.9. The van der Waals surface area contributed by atoms with E-state index in [1.807, 2.05) is 24.3 Å². The van der Waals surface area contributed by atoms with Gasteiger partial charge in [0.2, 0.25) is 10.0 Å². The first-order valence-electron chi connectivity index (χ1n) is 9.51. The second-order valence-corrected chi connectivity index (χ2v) is 8.79. The highest BCUT2D eigenvalue weighted by Gasteiger charge is 2.28. The molecule has 0 radical (unpaired) electrons. The minimum Gasteiger partial charge on any atom is -0.496 e. The number of nitrogens with zero attached hydrogens (tertiary/aromatic N) is 2.